The zero-order chi connectivity index (χ0) is 21.7. The molecule has 154 valence electrons. The third-order valence-corrected chi connectivity index (χ3v) is 4.45. The van der Waals surface area contributed by atoms with Gasteiger partial charge < -0.3 is 14.5 Å². The van der Waals surface area contributed by atoms with Gasteiger partial charge in [0.15, 0.2) is 6.61 Å². The molecule has 0 saturated heterocycles. The molecule has 0 aliphatic heterocycles. The molecule has 1 amide bonds. The monoisotopic (exact) mass is 448 g/mol. The summed E-state index contributed by atoms with van der Waals surface area (Å²) in [6, 6.07) is 14.0. The molecule has 0 unspecified atom stereocenters. The van der Waals surface area contributed by atoms with Gasteiger partial charge in [0.25, 0.3) is 11.6 Å². The lowest BCUT2D eigenvalue weighted by molar-refractivity contribution is -0.385. The topological polar surface area (TPSA) is 112 Å². The highest BCUT2D eigenvalue weighted by atomic mass is 35.5. The minimum atomic E-state index is -1.03. The van der Waals surface area contributed by atoms with Crippen LogP contribution in [0.25, 0.3) is 11.3 Å². The Bertz CT molecular complexity index is 1090. The molecule has 1 aromatic heterocycles. The maximum atomic E-state index is 12.1. The first-order valence-corrected chi connectivity index (χ1v) is 9.31. The van der Waals surface area contributed by atoms with Crippen LogP contribution in [0.2, 0.25) is 10.0 Å². The van der Waals surface area contributed by atoms with Gasteiger partial charge in [0.05, 0.1) is 11.5 Å². The van der Waals surface area contributed by atoms with Crippen LogP contribution in [0, 0.1) is 10.1 Å². The predicted octanol–water partition coefficient (Wildman–Crippen LogP) is 4.63. The molecule has 10 heteroatoms. The number of esters is 1. The van der Waals surface area contributed by atoms with Gasteiger partial charge in [-0.05, 0) is 48.5 Å². The van der Waals surface area contributed by atoms with Crippen LogP contribution in [0.5, 0.6) is 0 Å². The van der Waals surface area contributed by atoms with Crippen molar-refractivity contribution in [3.63, 3.8) is 0 Å². The molecule has 1 N–H and O–H groups in total. The molecule has 0 aliphatic rings. The molecule has 0 aliphatic carbocycles. The van der Waals surface area contributed by atoms with Crippen LogP contribution in [0.15, 0.2) is 59.0 Å². The first-order valence-electron chi connectivity index (χ1n) is 8.56. The fraction of sp³-hybridized carbons (Fsp3) is 0.100. The summed E-state index contributed by atoms with van der Waals surface area (Å²) in [5.74, 6) is -0.527. The molecule has 0 saturated carbocycles. The van der Waals surface area contributed by atoms with Crippen molar-refractivity contribution in [1.29, 1.82) is 0 Å². The number of rotatable bonds is 7. The van der Waals surface area contributed by atoms with Crippen LogP contribution in [-0.4, -0.2) is 23.4 Å². The zero-order valence-electron chi connectivity index (χ0n) is 15.3. The number of nitrogens with one attached hydrogen (secondary N) is 1. The minimum Gasteiger partial charge on any atom is -0.459 e. The molecule has 0 radical (unpaired) electrons. The lowest BCUT2D eigenvalue weighted by Gasteiger charge is -2.06. The van der Waals surface area contributed by atoms with Crippen molar-refractivity contribution in [3.05, 3.63) is 86.1 Å². The Hall–Kier alpha value is -3.36. The lowest BCUT2D eigenvalue weighted by atomic mass is 10.2. The van der Waals surface area contributed by atoms with Crippen molar-refractivity contribution in [3.8, 4) is 11.3 Å². The van der Waals surface area contributed by atoms with E-state index in [2.05, 4.69) is 5.32 Å². The number of carbonyl (C=O) groups excluding carboxylic acids is 2. The first kappa shape index (κ1) is 21.4. The van der Waals surface area contributed by atoms with Crippen molar-refractivity contribution in [2.45, 2.75) is 6.54 Å². The number of nitro groups is 1. The molecular weight excluding hydrogens is 435 g/mol. The third-order valence-electron chi connectivity index (χ3n) is 3.96. The van der Waals surface area contributed by atoms with Gasteiger partial charge in [0, 0.05) is 21.7 Å². The Kier molecular flexibility index (Phi) is 6.71. The minimum absolute atomic E-state index is 0.0707. The summed E-state index contributed by atoms with van der Waals surface area (Å²) in [6.45, 7) is -0.547. The standard InChI is InChI=1S/C20H14Cl2N2O6/c21-13-3-1-12(2-4-13)18-8-6-15(30-18)10-23-19(25)11-29-20(26)16-9-14(22)5-7-17(16)24(27)28/h1-9H,10-11H2,(H,23,25). The summed E-state index contributed by atoms with van der Waals surface area (Å²) in [6.07, 6.45) is 0. The smallest absolute Gasteiger partial charge is 0.345 e. The summed E-state index contributed by atoms with van der Waals surface area (Å²) in [7, 11) is 0. The zero-order valence-corrected chi connectivity index (χ0v) is 16.8. The van der Waals surface area contributed by atoms with Gasteiger partial charge in [-0.3, -0.25) is 14.9 Å². The van der Waals surface area contributed by atoms with Gasteiger partial charge in [-0.1, -0.05) is 23.2 Å². The third kappa shape index (κ3) is 5.37. The van der Waals surface area contributed by atoms with E-state index in [-0.39, 0.29) is 17.1 Å². The number of benzene rings is 2. The SMILES string of the molecule is O=C(COC(=O)c1cc(Cl)ccc1[N+](=O)[O-])NCc1ccc(-c2ccc(Cl)cc2)o1. The summed E-state index contributed by atoms with van der Waals surface area (Å²) in [5.41, 5.74) is 0.0306. The van der Waals surface area contributed by atoms with Crippen molar-refractivity contribution in [2.24, 2.45) is 0 Å². The van der Waals surface area contributed by atoms with E-state index < -0.39 is 29.1 Å². The van der Waals surface area contributed by atoms with E-state index in [1.807, 2.05) is 0 Å². The average molecular weight is 449 g/mol. The fourth-order valence-corrected chi connectivity index (χ4v) is 2.82. The Balaban J connectivity index is 1.53. The van der Waals surface area contributed by atoms with Crippen molar-refractivity contribution in [1.82, 2.24) is 5.32 Å². The Labute approximate surface area is 180 Å². The fourth-order valence-electron chi connectivity index (χ4n) is 2.52. The van der Waals surface area contributed by atoms with Gasteiger partial charge in [-0.2, -0.15) is 0 Å². The highest BCUT2D eigenvalue weighted by Crippen LogP contribution is 2.24. The Morgan fingerprint density at radius 2 is 1.73 bits per heavy atom. The van der Waals surface area contributed by atoms with Gasteiger partial charge in [0.2, 0.25) is 0 Å². The highest BCUT2D eigenvalue weighted by Gasteiger charge is 2.22. The van der Waals surface area contributed by atoms with Gasteiger partial charge in [0.1, 0.15) is 17.1 Å². The first-order chi connectivity index (χ1) is 14.3. The van der Waals surface area contributed by atoms with E-state index >= 15 is 0 Å². The van der Waals surface area contributed by atoms with E-state index in [0.717, 1.165) is 17.7 Å². The average Bonchev–Trinajstić information content (AvgIpc) is 3.19. The normalized spacial score (nSPS) is 10.5. The molecule has 0 fully saturated rings. The van der Waals surface area contributed by atoms with Gasteiger partial charge in [-0.15, -0.1) is 0 Å². The van der Waals surface area contributed by atoms with Crippen LogP contribution >= 0.6 is 23.2 Å². The van der Waals surface area contributed by atoms with E-state index in [1.54, 1.807) is 36.4 Å². The lowest BCUT2D eigenvalue weighted by Crippen LogP contribution is -2.28. The molecule has 8 nitrogen and oxygen atoms in total. The summed E-state index contributed by atoms with van der Waals surface area (Å²) < 4.78 is 10.5. The number of hydrogen-bond donors (Lipinski definition) is 1. The Morgan fingerprint density at radius 1 is 1.03 bits per heavy atom. The highest BCUT2D eigenvalue weighted by molar-refractivity contribution is 6.31. The van der Waals surface area contributed by atoms with Crippen LogP contribution in [0.3, 0.4) is 0 Å². The quantitative estimate of drug-likeness (QED) is 0.320. The largest absolute Gasteiger partial charge is 0.459 e. The number of hydrogen-bond acceptors (Lipinski definition) is 6. The van der Waals surface area contributed by atoms with Crippen molar-refractivity contribution in [2.75, 3.05) is 6.61 Å². The number of halogens is 2. The second kappa shape index (κ2) is 9.43. The molecule has 0 atom stereocenters. The number of nitrogens with zero attached hydrogens (tertiary/aromatic N) is 1. The number of amides is 1. The van der Waals surface area contributed by atoms with E-state index in [9.17, 15) is 19.7 Å². The number of carbonyl (C=O) groups is 2. The van der Waals surface area contributed by atoms with Crippen LogP contribution in [0.1, 0.15) is 16.1 Å². The predicted molar refractivity (Wildman–Crippen MR) is 109 cm³/mol. The van der Waals surface area contributed by atoms with E-state index in [1.165, 1.54) is 6.07 Å². The molecule has 0 spiro atoms. The van der Waals surface area contributed by atoms with E-state index in [4.69, 9.17) is 32.4 Å². The summed E-state index contributed by atoms with van der Waals surface area (Å²) in [4.78, 5) is 34.3. The molecule has 3 rings (SSSR count). The number of ether oxygens (including phenoxy) is 1. The summed E-state index contributed by atoms with van der Waals surface area (Å²) in [5, 5.41) is 14.3. The van der Waals surface area contributed by atoms with Gasteiger partial charge >= 0.3 is 5.97 Å². The van der Waals surface area contributed by atoms with Crippen LogP contribution < -0.4 is 5.32 Å². The second-order valence-electron chi connectivity index (χ2n) is 6.04. The number of furan rings is 1. The van der Waals surface area contributed by atoms with Gasteiger partial charge in [-0.25, -0.2) is 4.79 Å². The van der Waals surface area contributed by atoms with Crippen molar-refractivity contribution < 1.29 is 23.7 Å². The second-order valence-corrected chi connectivity index (χ2v) is 6.92. The van der Waals surface area contributed by atoms with Crippen molar-refractivity contribution >= 4 is 40.8 Å². The molecule has 30 heavy (non-hydrogen) atoms. The summed E-state index contributed by atoms with van der Waals surface area (Å²) >= 11 is 11.6. The van der Waals surface area contributed by atoms with E-state index in [0.29, 0.717) is 16.5 Å². The Morgan fingerprint density at radius 3 is 2.43 bits per heavy atom. The maximum Gasteiger partial charge on any atom is 0.345 e. The number of nitro benzene ring substituents is 1. The van der Waals surface area contributed by atoms with Crippen LogP contribution in [-0.2, 0) is 16.1 Å². The molecule has 2 aromatic carbocycles. The maximum absolute atomic E-state index is 12.1. The molecule has 1 heterocycles. The van der Waals surface area contributed by atoms with Crippen LogP contribution in [0.4, 0.5) is 5.69 Å². The molecular formula is C20H14Cl2N2O6. The molecule has 3 aromatic rings. The molecule has 0 bridgehead atoms.